The Balaban J connectivity index is 1.79. The molecule has 0 aromatic carbocycles. The van der Waals surface area contributed by atoms with Crippen LogP contribution in [0, 0.1) is 0 Å². The second-order valence-electron chi connectivity index (χ2n) is 5.34. The van der Waals surface area contributed by atoms with E-state index in [-0.39, 0.29) is 12.7 Å². The van der Waals surface area contributed by atoms with Gasteiger partial charge < -0.3 is 20.5 Å². The first kappa shape index (κ1) is 15.6. The number of anilines is 2. The van der Waals surface area contributed by atoms with Crippen molar-refractivity contribution in [3.63, 3.8) is 0 Å². The van der Waals surface area contributed by atoms with E-state index >= 15 is 0 Å². The molecule has 3 heterocycles. The monoisotopic (exact) mass is 315 g/mol. The molecule has 7 nitrogen and oxygen atoms in total. The zero-order valence-corrected chi connectivity index (χ0v) is 12.9. The third kappa shape index (κ3) is 4.37. The standard InChI is InChI=1S/C16H21N5O2/c22-8-7-18-16-20-14(13-5-1-2-6-17-13)10-15(21-16)19-11-12-4-3-9-23-12/h1-2,5-6,10,12,22H,3-4,7-9,11H2,(H2,18,19,20,21)/t12-/m1/s1. The molecule has 23 heavy (non-hydrogen) atoms. The van der Waals surface area contributed by atoms with Gasteiger partial charge in [0.25, 0.3) is 0 Å². The van der Waals surface area contributed by atoms with Gasteiger partial charge in [-0.25, -0.2) is 4.98 Å². The van der Waals surface area contributed by atoms with Crippen LogP contribution in [0.1, 0.15) is 12.8 Å². The highest BCUT2D eigenvalue weighted by Crippen LogP contribution is 2.20. The predicted octanol–water partition coefficient (Wildman–Crippen LogP) is 1.53. The molecule has 122 valence electrons. The second-order valence-corrected chi connectivity index (χ2v) is 5.34. The zero-order chi connectivity index (χ0) is 15.9. The molecular formula is C16H21N5O2. The highest BCUT2D eigenvalue weighted by atomic mass is 16.5. The first-order chi connectivity index (χ1) is 11.3. The first-order valence-corrected chi connectivity index (χ1v) is 7.86. The Kier molecular flexibility index (Phi) is 5.33. The van der Waals surface area contributed by atoms with Crippen LogP contribution in [0.3, 0.4) is 0 Å². The van der Waals surface area contributed by atoms with E-state index in [4.69, 9.17) is 9.84 Å². The molecule has 1 saturated heterocycles. The van der Waals surface area contributed by atoms with Crippen LogP contribution < -0.4 is 10.6 Å². The fraction of sp³-hybridized carbons (Fsp3) is 0.438. The molecule has 0 radical (unpaired) electrons. The summed E-state index contributed by atoms with van der Waals surface area (Å²) in [6, 6.07) is 7.57. The van der Waals surface area contributed by atoms with Gasteiger partial charge >= 0.3 is 0 Å². The van der Waals surface area contributed by atoms with Gasteiger partial charge in [-0.15, -0.1) is 0 Å². The minimum absolute atomic E-state index is 0.0237. The van der Waals surface area contributed by atoms with Gasteiger partial charge in [0.1, 0.15) is 5.82 Å². The molecule has 2 aromatic rings. The number of rotatable bonds is 7. The van der Waals surface area contributed by atoms with Gasteiger partial charge in [0, 0.05) is 32.0 Å². The lowest BCUT2D eigenvalue weighted by molar-refractivity contribution is 0.120. The second kappa shape index (κ2) is 7.85. The quantitative estimate of drug-likeness (QED) is 0.713. The van der Waals surface area contributed by atoms with Crippen LogP contribution in [0.4, 0.5) is 11.8 Å². The molecule has 0 aliphatic carbocycles. The van der Waals surface area contributed by atoms with Gasteiger partial charge in [-0.1, -0.05) is 6.07 Å². The lowest BCUT2D eigenvalue weighted by Crippen LogP contribution is -2.19. The summed E-state index contributed by atoms with van der Waals surface area (Å²) in [6.45, 7) is 1.98. The smallest absolute Gasteiger partial charge is 0.225 e. The van der Waals surface area contributed by atoms with Crippen molar-refractivity contribution >= 4 is 11.8 Å². The third-order valence-electron chi connectivity index (χ3n) is 3.58. The number of hydrogen-bond acceptors (Lipinski definition) is 7. The van der Waals surface area contributed by atoms with Crippen LogP contribution >= 0.6 is 0 Å². The van der Waals surface area contributed by atoms with Gasteiger partial charge in [-0.2, -0.15) is 4.98 Å². The van der Waals surface area contributed by atoms with E-state index < -0.39 is 0 Å². The molecule has 3 N–H and O–H groups in total. The Hall–Kier alpha value is -2.25. The Bertz CT molecular complexity index is 617. The van der Waals surface area contributed by atoms with Gasteiger partial charge in [-0.3, -0.25) is 4.98 Å². The van der Waals surface area contributed by atoms with E-state index in [2.05, 4.69) is 25.6 Å². The van der Waals surface area contributed by atoms with E-state index in [0.717, 1.165) is 43.2 Å². The van der Waals surface area contributed by atoms with E-state index in [1.807, 2.05) is 24.3 Å². The lowest BCUT2D eigenvalue weighted by Gasteiger charge is -2.13. The van der Waals surface area contributed by atoms with Crippen molar-refractivity contribution in [3.8, 4) is 11.4 Å². The van der Waals surface area contributed by atoms with Crippen molar-refractivity contribution in [3.05, 3.63) is 30.5 Å². The van der Waals surface area contributed by atoms with Crippen LogP contribution in [0.2, 0.25) is 0 Å². The highest BCUT2D eigenvalue weighted by molar-refractivity contribution is 5.60. The van der Waals surface area contributed by atoms with Crippen molar-refractivity contribution in [2.24, 2.45) is 0 Å². The normalized spacial score (nSPS) is 17.2. The Labute approximate surface area is 135 Å². The summed E-state index contributed by atoms with van der Waals surface area (Å²) in [4.78, 5) is 13.2. The Morgan fingerprint density at radius 3 is 2.91 bits per heavy atom. The number of nitrogens with zero attached hydrogens (tertiary/aromatic N) is 3. The number of aliphatic hydroxyl groups is 1. The Morgan fingerprint density at radius 1 is 1.22 bits per heavy atom. The maximum atomic E-state index is 8.97. The van der Waals surface area contributed by atoms with E-state index in [1.165, 1.54) is 0 Å². The average Bonchev–Trinajstić information content (AvgIpc) is 3.12. The Morgan fingerprint density at radius 2 is 2.17 bits per heavy atom. The first-order valence-electron chi connectivity index (χ1n) is 7.86. The van der Waals surface area contributed by atoms with Gasteiger partial charge in [0.2, 0.25) is 5.95 Å². The molecule has 1 atom stereocenters. The number of pyridine rings is 1. The molecule has 1 fully saturated rings. The molecule has 0 spiro atoms. The molecular weight excluding hydrogens is 294 g/mol. The molecule has 0 bridgehead atoms. The van der Waals surface area contributed by atoms with Crippen LogP contribution in [0.25, 0.3) is 11.4 Å². The number of aromatic nitrogens is 3. The molecule has 1 aliphatic rings. The van der Waals surface area contributed by atoms with Crippen LogP contribution in [-0.2, 0) is 4.74 Å². The van der Waals surface area contributed by atoms with Gasteiger partial charge in [0.15, 0.2) is 0 Å². The maximum Gasteiger partial charge on any atom is 0.225 e. The van der Waals surface area contributed by atoms with Crippen LogP contribution in [0.5, 0.6) is 0 Å². The summed E-state index contributed by atoms with van der Waals surface area (Å²) in [7, 11) is 0. The van der Waals surface area contributed by atoms with Crippen molar-refractivity contribution in [1.29, 1.82) is 0 Å². The summed E-state index contributed by atoms with van der Waals surface area (Å²) in [5.41, 5.74) is 1.51. The molecule has 0 saturated carbocycles. The fourth-order valence-corrected chi connectivity index (χ4v) is 2.45. The molecule has 3 rings (SSSR count). The third-order valence-corrected chi connectivity index (χ3v) is 3.58. The minimum atomic E-state index is 0.0237. The van der Waals surface area contributed by atoms with E-state index in [1.54, 1.807) is 6.20 Å². The fourth-order valence-electron chi connectivity index (χ4n) is 2.45. The van der Waals surface area contributed by atoms with Crippen molar-refractivity contribution in [2.45, 2.75) is 18.9 Å². The average molecular weight is 315 g/mol. The summed E-state index contributed by atoms with van der Waals surface area (Å²) in [5, 5.41) is 15.3. The number of nitrogens with one attached hydrogen (secondary N) is 2. The summed E-state index contributed by atoms with van der Waals surface area (Å²) in [5.74, 6) is 1.19. The van der Waals surface area contributed by atoms with E-state index in [0.29, 0.717) is 12.5 Å². The minimum Gasteiger partial charge on any atom is -0.395 e. The van der Waals surface area contributed by atoms with Gasteiger partial charge in [0.05, 0.1) is 24.1 Å². The molecule has 7 heteroatoms. The summed E-state index contributed by atoms with van der Waals surface area (Å²) in [6.07, 6.45) is 4.15. The van der Waals surface area contributed by atoms with Gasteiger partial charge in [-0.05, 0) is 25.0 Å². The number of hydrogen-bond donors (Lipinski definition) is 3. The highest BCUT2D eigenvalue weighted by Gasteiger charge is 2.15. The molecule has 0 amide bonds. The number of aliphatic hydroxyl groups excluding tert-OH is 1. The van der Waals surface area contributed by atoms with E-state index in [9.17, 15) is 0 Å². The van der Waals surface area contributed by atoms with Crippen LogP contribution in [-0.4, -0.2) is 52.5 Å². The topological polar surface area (TPSA) is 92.2 Å². The SMILES string of the molecule is OCCNc1nc(NC[C@H]2CCCO2)cc(-c2ccccn2)n1. The summed E-state index contributed by atoms with van der Waals surface area (Å²) >= 11 is 0. The molecule has 0 unspecified atom stereocenters. The van der Waals surface area contributed by atoms with Crippen LogP contribution in [0.15, 0.2) is 30.5 Å². The van der Waals surface area contributed by atoms with Crippen molar-refractivity contribution < 1.29 is 9.84 Å². The maximum absolute atomic E-state index is 8.97. The lowest BCUT2D eigenvalue weighted by atomic mass is 10.2. The molecule has 2 aromatic heterocycles. The van der Waals surface area contributed by atoms with Crippen molar-refractivity contribution in [1.82, 2.24) is 15.0 Å². The number of ether oxygens (including phenoxy) is 1. The summed E-state index contributed by atoms with van der Waals surface area (Å²) < 4.78 is 5.62. The zero-order valence-electron chi connectivity index (χ0n) is 12.9. The largest absolute Gasteiger partial charge is 0.395 e. The predicted molar refractivity (Wildman–Crippen MR) is 88.3 cm³/mol. The van der Waals surface area contributed by atoms with Crippen molar-refractivity contribution in [2.75, 3.05) is 36.9 Å². The molecule has 1 aliphatic heterocycles.